The highest BCUT2D eigenvalue weighted by Gasteiger charge is 2.30. The van der Waals surface area contributed by atoms with Crippen molar-refractivity contribution < 1.29 is 14.5 Å². The maximum absolute atomic E-state index is 12.2. The largest absolute Gasteiger partial charge is 0.301 e. The summed E-state index contributed by atoms with van der Waals surface area (Å²) in [6, 6.07) is 4.82. The van der Waals surface area contributed by atoms with Gasteiger partial charge in [-0.1, -0.05) is 44.7 Å². The molecule has 0 aromatic heterocycles. The second kappa shape index (κ2) is 6.76. The van der Waals surface area contributed by atoms with Crippen molar-refractivity contribution in [3.05, 3.63) is 50.5 Å². The number of carbonyl (C=O) groups excluding carboxylic acids is 2. The first kappa shape index (κ1) is 18.2. The van der Waals surface area contributed by atoms with E-state index in [1.54, 1.807) is 19.1 Å². The van der Waals surface area contributed by atoms with Crippen molar-refractivity contribution in [3.8, 4) is 0 Å². The molecule has 0 unspecified atom stereocenters. The van der Waals surface area contributed by atoms with Crippen LogP contribution in [0.1, 0.15) is 31.9 Å². The molecule has 0 saturated carbocycles. The van der Waals surface area contributed by atoms with Gasteiger partial charge in [0.25, 0.3) is 5.69 Å². The summed E-state index contributed by atoms with van der Waals surface area (Å²) in [6.45, 7) is 7.36. The standard InChI is InChI=1S/C17H20N2O4S/c1-11-12(6-5-7-13(11)19(22)23)9-18-15(21)10-24-16(18)8-14(20)17(2,3)4/h5-8H,9-10H2,1-4H3. The summed E-state index contributed by atoms with van der Waals surface area (Å²) in [5, 5.41) is 11.7. The molecule has 6 nitrogen and oxygen atoms in total. The molecule has 1 aromatic rings. The SMILES string of the molecule is Cc1c(CN2C(=O)CSC2=CC(=O)C(C)(C)C)cccc1[N+](=O)[O-]. The third-order valence-electron chi connectivity index (χ3n) is 3.85. The average Bonchev–Trinajstić information content (AvgIpc) is 2.81. The zero-order valence-corrected chi connectivity index (χ0v) is 15.0. The smallest absolute Gasteiger partial charge is 0.272 e. The van der Waals surface area contributed by atoms with Crippen LogP contribution in [0.3, 0.4) is 0 Å². The van der Waals surface area contributed by atoms with Crippen molar-refractivity contribution in [2.45, 2.75) is 34.2 Å². The van der Waals surface area contributed by atoms with Gasteiger partial charge >= 0.3 is 0 Å². The maximum atomic E-state index is 12.2. The molecule has 0 atom stereocenters. The molecule has 0 spiro atoms. The molecular formula is C17H20N2O4S. The molecule has 0 aliphatic carbocycles. The quantitative estimate of drug-likeness (QED) is 0.473. The molecule has 0 radical (unpaired) electrons. The van der Waals surface area contributed by atoms with Crippen LogP contribution >= 0.6 is 11.8 Å². The van der Waals surface area contributed by atoms with Gasteiger partial charge in [0, 0.05) is 23.1 Å². The van der Waals surface area contributed by atoms with Gasteiger partial charge in [-0.3, -0.25) is 19.7 Å². The number of hydrogen-bond donors (Lipinski definition) is 0. The molecule has 1 fully saturated rings. The zero-order valence-electron chi connectivity index (χ0n) is 14.2. The fourth-order valence-electron chi connectivity index (χ4n) is 2.24. The maximum Gasteiger partial charge on any atom is 0.272 e. The molecule has 0 bridgehead atoms. The number of rotatable bonds is 4. The van der Waals surface area contributed by atoms with Crippen LogP contribution in [-0.4, -0.2) is 27.3 Å². The molecular weight excluding hydrogens is 328 g/mol. The Labute approximate surface area is 145 Å². The van der Waals surface area contributed by atoms with Crippen LogP contribution in [0.2, 0.25) is 0 Å². The Balaban J connectivity index is 2.32. The summed E-state index contributed by atoms with van der Waals surface area (Å²) in [6.07, 6.45) is 1.50. The molecule has 2 rings (SSSR count). The van der Waals surface area contributed by atoms with E-state index in [2.05, 4.69) is 0 Å². The Morgan fingerprint density at radius 2 is 2.08 bits per heavy atom. The number of nitrogens with zero attached hydrogens (tertiary/aromatic N) is 2. The highest BCUT2D eigenvalue weighted by atomic mass is 32.2. The highest BCUT2D eigenvalue weighted by Crippen LogP contribution is 2.33. The molecule has 1 aliphatic rings. The molecule has 1 heterocycles. The summed E-state index contributed by atoms with van der Waals surface area (Å²) in [4.78, 5) is 36.5. The van der Waals surface area contributed by atoms with Gasteiger partial charge in [-0.05, 0) is 12.5 Å². The lowest BCUT2D eigenvalue weighted by molar-refractivity contribution is -0.385. The van der Waals surface area contributed by atoms with E-state index in [1.807, 2.05) is 20.8 Å². The van der Waals surface area contributed by atoms with E-state index >= 15 is 0 Å². The lowest BCUT2D eigenvalue weighted by atomic mass is 9.91. The molecule has 7 heteroatoms. The van der Waals surface area contributed by atoms with Crippen molar-refractivity contribution in [3.63, 3.8) is 0 Å². The second-order valence-electron chi connectivity index (χ2n) is 6.68. The first-order chi connectivity index (χ1) is 11.1. The van der Waals surface area contributed by atoms with Crippen LogP contribution in [0.15, 0.2) is 29.3 Å². The van der Waals surface area contributed by atoms with E-state index in [1.165, 1.54) is 28.8 Å². The van der Waals surface area contributed by atoms with E-state index in [0.29, 0.717) is 16.2 Å². The normalized spacial score (nSPS) is 16.8. The van der Waals surface area contributed by atoms with Crippen molar-refractivity contribution in [1.82, 2.24) is 4.90 Å². The fraction of sp³-hybridized carbons (Fsp3) is 0.412. The lowest BCUT2D eigenvalue weighted by Crippen LogP contribution is -2.26. The van der Waals surface area contributed by atoms with Crippen LogP contribution in [0, 0.1) is 22.5 Å². The second-order valence-corrected chi connectivity index (χ2v) is 7.68. The monoisotopic (exact) mass is 348 g/mol. The first-order valence-electron chi connectivity index (χ1n) is 7.53. The Kier molecular flexibility index (Phi) is 5.13. The van der Waals surface area contributed by atoms with Crippen LogP contribution in [0.4, 0.5) is 5.69 Å². The van der Waals surface area contributed by atoms with Gasteiger partial charge in [0.1, 0.15) is 0 Å². The minimum absolute atomic E-state index is 0.0306. The summed E-state index contributed by atoms with van der Waals surface area (Å²) in [7, 11) is 0. The zero-order chi connectivity index (χ0) is 18.1. The van der Waals surface area contributed by atoms with E-state index in [4.69, 9.17) is 0 Å². The van der Waals surface area contributed by atoms with Crippen LogP contribution < -0.4 is 0 Å². The van der Waals surface area contributed by atoms with Gasteiger partial charge in [0.15, 0.2) is 5.78 Å². The van der Waals surface area contributed by atoms with E-state index in [0.717, 1.165) is 0 Å². The molecule has 24 heavy (non-hydrogen) atoms. The van der Waals surface area contributed by atoms with Gasteiger partial charge in [-0.2, -0.15) is 0 Å². The summed E-state index contributed by atoms with van der Waals surface area (Å²) in [5.74, 6) is 0.122. The highest BCUT2D eigenvalue weighted by molar-refractivity contribution is 8.04. The lowest BCUT2D eigenvalue weighted by Gasteiger charge is -2.20. The van der Waals surface area contributed by atoms with Crippen molar-refractivity contribution in [2.24, 2.45) is 5.41 Å². The number of nitro benzene ring substituents is 1. The average molecular weight is 348 g/mol. The number of thioether (sulfide) groups is 1. The number of nitro groups is 1. The Bertz CT molecular complexity index is 735. The predicted molar refractivity (Wildman–Crippen MR) is 93.4 cm³/mol. The van der Waals surface area contributed by atoms with Crippen molar-refractivity contribution in [2.75, 3.05) is 5.75 Å². The minimum Gasteiger partial charge on any atom is -0.301 e. The first-order valence-corrected chi connectivity index (χ1v) is 8.52. The Morgan fingerprint density at radius 3 is 2.67 bits per heavy atom. The summed E-state index contributed by atoms with van der Waals surface area (Å²) in [5.41, 5.74) is 0.748. The van der Waals surface area contributed by atoms with Crippen LogP contribution in [0.25, 0.3) is 0 Å². The van der Waals surface area contributed by atoms with Crippen molar-refractivity contribution >= 4 is 29.1 Å². The van der Waals surface area contributed by atoms with Gasteiger partial charge in [-0.15, -0.1) is 0 Å². The Hall–Kier alpha value is -2.15. The number of benzene rings is 1. The molecule has 0 N–H and O–H groups in total. The van der Waals surface area contributed by atoms with Crippen molar-refractivity contribution in [1.29, 1.82) is 0 Å². The van der Waals surface area contributed by atoms with Gasteiger partial charge < -0.3 is 4.90 Å². The number of allylic oxidation sites excluding steroid dienone is 1. The third-order valence-corrected chi connectivity index (χ3v) is 4.87. The van der Waals surface area contributed by atoms with Gasteiger partial charge in [-0.25, -0.2) is 0 Å². The summed E-state index contributed by atoms with van der Waals surface area (Å²) >= 11 is 1.32. The summed E-state index contributed by atoms with van der Waals surface area (Å²) < 4.78 is 0. The number of ketones is 1. The van der Waals surface area contributed by atoms with Crippen LogP contribution in [0.5, 0.6) is 0 Å². The minimum atomic E-state index is -0.522. The molecule has 1 aliphatic heterocycles. The fourth-order valence-corrected chi connectivity index (χ4v) is 3.18. The Morgan fingerprint density at radius 1 is 1.42 bits per heavy atom. The number of hydrogen-bond acceptors (Lipinski definition) is 5. The third kappa shape index (κ3) is 3.84. The van der Waals surface area contributed by atoms with E-state index in [9.17, 15) is 19.7 Å². The molecule has 1 aromatic carbocycles. The number of amides is 1. The molecule has 1 saturated heterocycles. The van der Waals surface area contributed by atoms with E-state index in [-0.39, 0.29) is 29.7 Å². The van der Waals surface area contributed by atoms with Gasteiger partial charge in [0.05, 0.1) is 22.2 Å². The predicted octanol–water partition coefficient (Wildman–Crippen LogP) is 3.44. The van der Waals surface area contributed by atoms with E-state index < -0.39 is 10.3 Å². The molecule has 1 amide bonds. The molecule has 128 valence electrons. The van der Waals surface area contributed by atoms with Crippen LogP contribution in [-0.2, 0) is 16.1 Å². The topological polar surface area (TPSA) is 80.5 Å². The van der Waals surface area contributed by atoms with Gasteiger partial charge in [0.2, 0.25) is 5.91 Å². The number of carbonyl (C=O) groups is 2.